The first kappa shape index (κ1) is 20.0. The number of hydrogen-bond acceptors (Lipinski definition) is 4. The molecule has 1 saturated heterocycles. The predicted molar refractivity (Wildman–Crippen MR) is 120 cm³/mol. The monoisotopic (exact) mass is 419 g/mol. The predicted octanol–water partition coefficient (Wildman–Crippen LogP) is 2.51. The zero-order chi connectivity index (χ0) is 21.4. The maximum Gasteiger partial charge on any atom is 0.329 e. The van der Waals surface area contributed by atoms with Crippen molar-refractivity contribution in [3.05, 3.63) is 70.1 Å². The lowest BCUT2D eigenvalue weighted by Gasteiger charge is -2.40. The van der Waals surface area contributed by atoms with Gasteiger partial charge >= 0.3 is 5.69 Å². The number of fused-ring (bicyclic) bond motifs is 2. The maximum absolute atomic E-state index is 13.3. The van der Waals surface area contributed by atoms with Gasteiger partial charge in [-0.3, -0.25) is 24.3 Å². The number of para-hydroxylation sites is 2. The van der Waals surface area contributed by atoms with Crippen LogP contribution < -0.4 is 17.0 Å². The Labute approximate surface area is 181 Å². The second kappa shape index (κ2) is 8.32. The molecule has 0 saturated carbocycles. The topological polar surface area (TPSA) is 85.3 Å². The van der Waals surface area contributed by atoms with Crippen LogP contribution in [0.4, 0.5) is 0 Å². The molecule has 2 aliphatic rings. The van der Waals surface area contributed by atoms with Crippen LogP contribution in [0, 0.1) is 0 Å². The van der Waals surface area contributed by atoms with Gasteiger partial charge in [-0.1, -0.05) is 36.4 Å². The Morgan fingerprint density at radius 2 is 1.71 bits per heavy atom. The Balaban J connectivity index is 1.40. The SMILES string of the molecule is NNC(=O)Cn1c(=O)n(C2CCN([C@H]3CCCc4ccccc43)CC2)c2ccccc21. The highest BCUT2D eigenvalue weighted by molar-refractivity contribution is 5.80. The second-order valence-corrected chi connectivity index (χ2v) is 8.67. The molecule has 3 N–H and O–H groups in total. The van der Waals surface area contributed by atoms with Gasteiger partial charge in [-0.15, -0.1) is 0 Å². The number of rotatable bonds is 4. The first-order valence-electron chi connectivity index (χ1n) is 11.2. The zero-order valence-corrected chi connectivity index (χ0v) is 17.7. The van der Waals surface area contributed by atoms with Crippen molar-refractivity contribution in [1.82, 2.24) is 19.5 Å². The molecule has 0 bridgehead atoms. The van der Waals surface area contributed by atoms with Crippen LogP contribution in [-0.4, -0.2) is 33.0 Å². The lowest BCUT2D eigenvalue weighted by atomic mass is 9.86. The largest absolute Gasteiger partial charge is 0.329 e. The van der Waals surface area contributed by atoms with Crippen LogP contribution in [0.15, 0.2) is 53.3 Å². The first-order valence-corrected chi connectivity index (χ1v) is 11.2. The zero-order valence-electron chi connectivity index (χ0n) is 17.7. The highest BCUT2D eigenvalue weighted by Crippen LogP contribution is 2.37. The molecule has 0 spiro atoms. The molecule has 0 unspecified atom stereocenters. The number of nitrogens with one attached hydrogen (secondary N) is 1. The van der Waals surface area contributed by atoms with Crippen molar-refractivity contribution in [2.24, 2.45) is 5.84 Å². The minimum atomic E-state index is -0.379. The highest BCUT2D eigenvalue weighted by atomic mass is 16.2. The molecule has 0 radical (unpaired) electrons. The van der Waals surface area contributed by atoms with Crippen molar-refractivity contribution in [3.63, 3.8) is 0 Å². The number of aryl methyl sites for hydroxylation is 1. The summed E-state index contributed by atoms with van der Waals surface area (Å²) >= 11 is 0. The molecule has 1 aromatic heterocycles. The number of amides is 1. The van der Waals surface area contributed by atoms with E-state index in [0.717, 1.165) is 37.0 Å². The third-order valence-electron chi connectivity index (χ3n) is 6.97. The van der Waals surface area contributed by atoms with Crippen LogP contribution in [0.5, 0.6) is 0 Å². The number of carbonyl (C=O) groups is 1. The van der Waals surface area contributed by atoms with Crippen LogP contribution in [0.3, 0.4) is 0 Å². The molecule has 7 heteroatoms. The maximum atomic E-state index is 13.3. The summed E-state index contributed by atoms with van der Waals surface area (Å²) in [6.45, 7) is 1.87. The molecule has 1 aliphatic carbocycles. The van der Waals surface area contributed by atoms with Crippen LogP contribution >= 0.6 is 0 Å². The van der Waals surface area contributed by atoms with Gasteiger partial charge in [-0.05, 0) is 55.4 Å². The van der Waals surface area contributed by atoms with Crippen LogP contribution in [-0.2, 0) is 17.8 Å². The molecule has 5 rings (SSSR count). The summed E-state index contributed by atoms with van der Waals surface area (Å²) in [5.74, 6) is 4.88. The minimum Gasteiger partial charge on any atom is -0.296 e. The minimum absolute atomic E-state index is 0.0689. The summed E-state index contributed by atoms with van der Waals surface area (Å²) in [7, 11) is 0. The van der Waals surface area contributed by atoms with Gasteiger partial charge in [0.05, 0.1) is 11.0 Å². The third-order valence-corrected chi connectivity index (χ3v) is 6.97. The Kier molecular flexibility index (Phi) is 5.38. The molecular formula is C24H29N5O2. The van der Waals surface area contributed by atoms with E-state index in [2.05, 4.69) is 34.6 Å². The van der Waals surface area contributed by atoms with E-state index in [0.29, 0.717) is 6.04 Å². The number of likely N-dealkylation sites (tertiary alicyclic amines) is 1. The lowest BCUT2D eigenvalue weighted by molar-refractivity contribution is -0.121. The first-order chi connectivity index (χ1) is 15.2. The van der Waals surface area contributed by atoms with E-state index >= 15 is 0 Å². The highest BCUT2D eigenvalue weighted by Gasteiger charge is 2.31. The van der Waals surface area contributed by atoms with E-state index in [1.807, 2.05) is 28.8 Å². The Morgan fingerprint density at radius 1 is 1.00 bits per heavy atom. The van der Waals surface area contributed by atoms with Crippen molar-refractivity contribution >= 4 is 16.9 Å². The number of hydrogen-bond donors (Lipinski definition) is 2. The average Bonchev–Trinajstić information content (AvgIpc) is 3.10. The Bertz CT molecular complexity index is 1160. The number of nitrogens with two attached hydrogens (primary N) is 1. The van der Waals surface area contributed by atoms with Gasteiger partial charge in [-0.25, -0.2) is 10.6 Å². The summed E-state index contributed by atoms with van der Waals surface area (Å²) in [5.41, 5.74) is 6.63. The van der Waals surface area contributed by atoms with Crippen LogP contribution in [0.25, 0.3) is 11.0 Å². The van der Waals surface area contributed by atoms with E-state index in [1.54, 1.807) is 0 Å². The quantitative estimate of drug-likeness (QED) is 0.387. The van der Waals surface area contributed by atoms with Gasteiger partial charge in [-0.2, -0.15) is 0 Å². The molecule has 31 heavy (non-hydrogen) atoms. The molecule has 162 valence electrons. The number of imidazole rings is 1. The number of benzene rings is 2. The molecule has 3 aromatic rings. The van der Waals surface area contributed by atoms with Gasteiger partial charge in [0.1, 0.15) is 6.54 Å². The molecule has 1 aliphatic heterocycles. The Hall–Kier alpha value is -2.90. The lowest BCUT2D eigenvalue weighted by Crippen LogP contribution is -2.41. The van der Waals surface area contributed by atoms with Gasteiger partial charge in [0.15, 0.2) is 0 Å². The fourth-order valence-corrected chi connectivity index (χ4v) is 5.49. The summed E-state index contributed by atoms with van der Waals surface area (Å²) in [5, 5.41) is 0. The van der Waals surface area contributed by atoms with E-state index in [1.165, 1.54) is 35.0 Å². The third kappa shape index (κ3) is 3.58. The smallest absolute Gasteiger partial charge is 0.296 e. The van der Waals surface area contributed by atoms with Gasteiger partial charge < -0.3 is 0 Å². The van der Waals surface area contributed by atoms with Crippen molar-refractivity contribution in [2.45, 2.75) is 50.7 Å². The summed E-state index contributed by atoms with van der Waals surface area (Å²) in [4.78, 5) is 27.7. The number of aromatic nitrogens is 2. The molecule has 7 nitrogen and oxygen atoms in total. The van der Waals surface area contributed by atoms with Crippen LogP contribution in [0.1, 0.15) is 48.9 Å². The van der Waals surface area contributed by atoms with Crippen molar-refractivity contribution in [1.29, 1.82) is 0 Å². The van der Waals surface area contributed by atoms with E-state index in [9.17, 15) is 9.59 Å². The Morgan fingerprint density at radius 3 is 2.48 bits per heavy atom. The van der Waals surface area contributed by atoms with Gasteiger partial charge in [0.25, 0.3) is 5.91 Å². The van der Waals surface area contributed by atoms with Gasteiger partial charge in [0, 0.05) is 25.2 Å². The molecule has 1 fully saturated rings. The number of hydrazine groups is 1. The fourth-order valence-electron chi connectivity index (χ4n) is 5.49. The standard InChI is InChI=1S/C24H29N5O2/c25-26-23(30)16-28-21-9-3-4-10-22(21)29(24(28)31)18-12-14-27(15-13-18)20-11-5-7-17-6-1-2-8-19(17)20/h1-4,6,8-10,18,20H,5,7,11-16,25H2,(H,26,30)/t20-/m0/s1. The molecular weight excluding hydrogens is 390 g/mol. The molecule has 2 heterocycles. The number of nitrogens with zero attached hydrogens (tertiary/aromatic N) is 3. The van der Waals surface area contributed by atoms with E-state index < -0.39 is 0 Å². The average molecular weight is 420 g/mol. The molecule has 2 aromatic carbocycles. The van der Waals surface area contributed by atoms with E-state index in [4.69, 9.17) is 5.84 Å². The molecule has 1 atom stereocenters. The van der Waals surface area contributed by atoms with Gasteiger partial charge in [0.2, 0.25) is 0 Å². The number of carbonyl (C=O) groups excluding carboxylic acids is 1. The van der Waals surface area contributed by atoms with Crippen LogP contribution in [0.2, 0.25) is 0 Å². The normalized spacial score (nSPS) is 20.0. The second-order valence-electron chi connectivity index (χ2n) is 8.67. The van der Waals surface area contributed by atoms with Crippen molar-refractivity contribution in [3.8, 4) is 0 Å². The van der Waals surface area contributed by atoms with Crippen molar-refractivity contribution in [2.75, 3.05) is 13.1 Å². The summed E-state index contributed by atoms with van der Waals surface area (Å²) < 4.78 is 3.42. The fraction of sp³-hybridized carbons (Fsp3) is 0.417. The summed E-state index contributed by atoms with van der Waals surface area (Å²) in [6, 6.07) is 17.2. The van der Waals surface area contributed by atoms with Crippen molar-refractivity contribution < 1.29 is 4.79 Å². The number of piperidine rings is 1. The van der Waals surface area contributed by atoms with E-state index in [-0.39, 0.29) is 24.2 Å². The summed E-state index contributed by atoms with van der Waals surface area (Å²) in [6.07, 6.45) is 5.46. The molecule has 1 amide bonds.